The van der Waals surface area contributed by atoms with Crippen LogP contribution in [-0.4, -0.2) is 20.9 Å². The molecule has 1 aliphatic heterocycles. The first-order valence-electron chi connectivity index (χ1n) is 8.58. The van der Waals surface area contributed by atoms with E-state index in [-0.39, 0.29) is 11.7 Å². The van der Waals surface area contributed by atoms with Gasteiger partial charge in [0.1, 0.15) is 4.21 Å². The average molecular weight is 402 g/mol. The zero-order chi connectivity index (χ0) is 19.0. The van der Waals surface area contributed by atoms with Crippen LogP contribution < -0.4 is 9.62 Å². The SMILES string of the molecule is CCc1ccc(S(=O)(=O)Nc2ccc3c(c2)CCN3C(=O)c2ccco2)s1. The van der Waals surface area contributed by atoms with E-state index in [1.165, 1.54) is 17.6 Å². The van der Waals surface area contributed by atoms with Gasteiger partial charge in [0.15, 0.2) is 5.76 Å². The molecule has 0 atom stereocenters. The van der Waals surface area contributed by atoms with E-state index in [1.54, 1.807) is 41.3 Å². The molecule has 27 heavy (non-hydrogen) atoms. The third-order valence-electron chi connectivity index (χ3n) is 4.45. The zero-order valence-corrected chi connectivity index (χ0v) is 16.3. The number of hydrogen-bond donors (Lipinski definition) is 1. The number of nitrogens with zero attached hydrogens (tertiary/aromatic N) is 1. The van der Waals surface area contributed by atoms with Crippen molar-refractivity contribution in [3.63, 3.8) is 0 Å². The predicted octanol–water partition coefficient (Wildman–Crippen LogP) is 3.91. The Morgan fingerprint density at radius 1 is 1.26 bits per heavy atom. The summed E-state index contributed by atoms with van der Waals surface area (Å²) in [6.45, 7) is 2.53. The maximum absolute atomic E-state index is 12.6. The van der Waals surface area contributed by atoms with E-state index in [9.17, 15) is 13.2 Å². The standard InChI is InChI=1S/C19H18N2O4S2/c1-2-15-6-8-18(26-15)27(23,24)20-14-5-7-16-13(12-14)9-10-21(16)19(22)17-4-3-11-25-17/h3-8,11-12,20H,2,9-10H2,1H3. The molecule has 3 aromatic rings. The minimum absolute atomic E-state index is 0.197. The summed E-state index contributed by atoms with van der Waals surface area (Å²) < 4.78 is 33.3. The number of carbonyl (C=O) groups is 1. The van der Waals surface area contributed by atoms with Crippen LogP contribution in [0.3, 0.4) is 0 Å². The van der Waals surface area contributed by atoms with Gasteiger partial charge in [-0.15, -0.1) is 11.3 Å². The molecular formula is C19H18N2O4S2. The van der Waals surface area contributed by atoms with Crippen LogP contribution >= 0.6 is 11.3 Å². The van der Waals surface area contributed by atoms with Gasteiger partial charge in [-0.1, -0.05) is 6.92 Å². The summed E-state index contributed by atoms with van der Waals surface area (Å²) in [6.07, 6.45) is 2.94. The summed E-state index contributed by atoms with van der Waals surface area (Å²) in [5.74, 6) is 0.0924. The molecule has 140 valence electrons. The number of hydrogen-bond acceptors (Lipinski definition) is 5. The third-order valence-corrected chi connectivity index (χ3v) is 7.56. The molecule has 1 aliphatic rings. The van der Waals surface area contributed by atoms with Gasteiger partial charge in [0.05, 0.1) is 6.26 Å². The number of benzene rings is 1. The van der Waals surface area contributed by atoms with Crippen molar-refractivity contribution in [3.8, 4) is 0 Å². The lowest BCUT2D eigenvalue weighted by Gasteiger charge is -2.16. The highest BCUT2D eigenvalue weighted by Gasteiger charge is 2.27. The van der Waals surface area contributed by atoms with Crippen LogP contribution in [0.4, 0.5) is 11.4 Å². The first-order chi connectivity index (χ1) is 13.0. The van der Waals surface area contributed by atoms with Crippen molar-refractivity contribution >= 4 is 38.6 Å². The quantitative estimate of drug-likeness (QED) is 0.702. The van der Waals surface area contributed by atoms with Gasteiger partial charge in [-0.3, -0.25) is 9.52 Å². The first-order valence-corrected chi connectivity index (χ1v) is 10.9. The molecule has 0 radical (unpaired) electrons. The molecule has 1 N–H and O–H groups in total. The van der Waals surface area contributed by atoms with E-state index in [4.69, 9.17) is 4.42 Å². The van der Waals surface area contributed by atoms with Crippen molar-refractivity contribution < 1.29 is 17.6 Å². The molecule has 1 amide bonds. The molecule has 2 aromatic heterocycles. The second-order valence-electron chi connectivity index (χ2n) is 6.21. The van der Waals surface area contributed by atoms with E-state index in [1.807, 2.05) is 13.0 Å². The van der Waals surface area contributed by atoms with E-state index in [2.05, 4.69) is 4.72 Å². The van der Waals surface area contributed by atoms with Gasteiger partial charge in [0.2, 0.25) is 0 Å². The number of thiophene rings is 1. The van der Waals surface area contributed by atoms with Crippen LogP contribution in [0.25, 0.3) is 0 Å². The largest absolute Gasteiger partial charge is 0.459 e. The maximum Gasteiger partial charge on any atom is 0.293 e. The molecule has 3 heterocycles. The summed E-state index contributed by atoms with van der Waals surface area (Å²) >= 11 is 1.27. The monoisotopic (exact) mass is 402 g/mol. The number of anilines is 2. The fraction of sp³-hybridized carbons (Fsp3) is 0.211. The molecular weight excluding hydrogens is 384 g/mol. The Morgan fingerprint density at radius 3 is 2.81 bits per heavy atom. The lowest BCUT2D eigenvalue weighted by Crippen LogP contribution is -2.28. The highest BCUT2D eigenvalue weighted by atomic mass is 32.2. The smallest absolute Gasteiger partial charge is 0.293 e. The first kappa shape index (κ1) is 17.8. The predicted molar refractivity (Wildman–Crippen MR) is 105 cm³/mol. The maximum atomic E-state index is 12.6. The van der Waals surface area contributed by atoms with Crippen molar-refractivity contribution in [3.05, 3.63) is 64.9 Å². The Labute approximate surface area is 161 Å². The molecule has 0 spiro atoms. The molecule has 1 aromatic carbocycles. The Kier molecular flexibility index (Phi) is 4.53. The third kappa shape index (κ3) is 3.38. The van der Waals surface area contributed by atoms with Gasteiger partial charge in [0, 0.05) is 22.8 Å². The lowest BCUT2D eigenvalue weighted by molar-refractivity contribution is 0.0963. The molecule has 6 nitrogen and oxygen atoms in total. The average Bonchev–Trinajstić information content (AvgIpc) is 3.39. The van der Waals surface area contributed by atoms with Gasteiger partial charge in [-0.05, 0) is 60.9 Å². The summed E-state index contributed by atoms with van der Waals surface area (Å²) in [6, 6.07) is 12.0. The minimum Gasteiger partial charge on any atom is -0.459 e. The van der Waals surface area contributed by atoms with E-state index in [0.29, 0.717) is 22.9 Å². The van der Waals surface area contributed by atoms with Gasteiger partial charge < -0.3 is 9.32 Å². The Morgan fingerprint density at radius 2 is 2.11 bits per heavy atom. The molecule has 0 saturated carbocycles. The summed E-state index contributed by atoms with van der Waals surface area (Å²) in [7, 11) is -3.61. The number of sulfonamides is 1. The number of furan rings is 1. The van der Waals surface area contributed by atoms with Gasteiger partial charge in [-0.25, -0.2) is 8.42 Å². The fourth-order valence-corrected chi connectivity index (χ4v) is 5.45. The molecule has 8 heteroatoms. The van der Waals surface area contributed by atoms with Crippen molar-refractivity contribution in [1.29, 1.82) is 0 Å². The fourth-order valence-electron chi connectivity index (χ4n) is 3.11. The number of nitrogens with one attached hydrogen (secondary N) is 1. The molecule has 4 rings (SSSR count). The summed E-state index contributed by atoms with van der Waals surface area (Å²) in [4.78, 5) is 15.2. The Bertz CT molecular complexity index is 1080. The Balaban J connectivity index is 1.56. The van der Waals surface area contributed by atoms with E-state index in [0.717, 1.165) is 22.5 Å². The molecule has 0 bridgehead atoms. The molecule has 0 fully saturated rings. The van der Waals surface area contributed by atoms with Crippen molar-refractivity contribution in [2.75, 3.05) is 16.2 Å². The van der Waals surface area contributed by atoms with Crippen molar-refractivity contribution in [2.24, 2.45) is 0 Å². The number of carbonyl (C=O) groups excluding carboxylic acids is 1. The van der Waals surface area contributed by atoms with Gasteiger partial charge in [0.25, 0.3) is 15.9 Å². The van der Waals surface area contributed by atoms with E-state index < -0.39 is 10.0 Å². The second kappa shape index (κ2) is 6.86. The van der Waals surface area contributed by atoms with Crippen LogP contribution in [0, 0.1) is 0 Å². The topological polar surface area (TPSA) is 79.6 Å². The molecule has 0 unspecified atom stereocenters. The number of aryl methyl sites for hydroxylation is 1. The van der Waals surface area contributed by atoms with Gasteiger partial charge in [-0.2, -0.15) is 0 Å². The number of fused-ring (bicyclic) bond motifs is 1. The summed E-state index contributed by atoms with van der Waals surface area (Å²) in [5.41, 5.74) is 2.20. The van der Waals surface area contributed by atoms with E-state index >= 15 is 0 Å². The van der Waals surface area contributed by atoms with Crippen LogP contribution in [0.1, 0.15) is 27.9 Å². The molecule has 0 saturated heterocycles. The minimum atomic E-state index is -3.61. The summed E-state index contributed by atoms with van der Waals surface area (Å²) in [5, 5.41) is 0. The normalized spacial score (nSPS) is 13.6. The second-order valence-corrected chi connectivity index (χ2v) is 9.28. The Hall–Kier alpha value is -2.58. The molecule has 0 aliphatic carbocycles. The highest BCUT2D eigenvalue weighted by molar-refractivity contribution is 7.94. The van der Waals surface area contributed by atoms with Crippen molar-refractivity contribution in [1.82, 2.24) is 0 Å². The van der Waals surface area contributed by atoms with Crippen LogP contribution in [0.5, 0.6) is 0 Å². The van der Waals surface area contributed by atoms with Gasteiger partial charge >= 0.3 is 0 Å². The number of amides is 1. The van der Waals surface area contributed by atoms with Crippen LogP contribution in [0.15, 0.2) is 57.4 Å². The zero-order valence-electron chi connectivity index (χ0n) is 14.6. The van der Waals surface area contributed by atoms with Crippen molar-refractivity contribution in [2.45, 2.75) is 24.0 Å². The number of rotatable bonds is 5. The highest BCUT2D eigenvalue weighted by Crippen LogP contribution is 2.33. The van der Waals surface area contributed by atoms with Crippen LogP contribution in [-0.2, 0) is 22.9 Å². The lowest BCUT2D eigenvalue weighted by atomic mass is 10.1. The van der Waals surface area contributed by atoms with Crippen LogP contribution in [0.2, 0.25) is 0 Å².